The van der Waals surface area contributed by atoms with Crippen LogP contribution in [0.25, 0.3) is 0 Å². The zero-order valence-corrected chi connectivity index (χ0v) is 11.2. The van der Waals surface area contributed by atoms with Gasteiger partial charge < -0.3 is 20.0 Å². The molecule has 2 fully saturated rings. The summed E-state index contributed by atoms with van der Waals surface area (Å²) in [4.78, 5) is 16.4. The van der Waals surface area contributed by atoms with Gasteiger partial charge in [0, 0.05) is 26.2 Å². The maximum atomic E-state index is 9.57. The van der Waals surface area contributed by atoms with Crippen LogP contribution in [0.5, 0.6) is 0 Å². The van der Waals surface area contributed by atoms with Gasteiger partial charge in [0.15, 0.2) is 0 Å². The van der Waals surface area contributed by atoms with Crippen molar-refractivity contribution in [2.24, 2.45) is 0 Å². The Bertz CT molecular complexity index is 458. The van der Waals surface area contributed by atoms with Gasteiger partial charge in [0.2, 0.25) is 17.2 Å². The average Bonchev–Trinajstić information content (AvgIpc) is 3.00. The Morgan fingerprint density at radius 2 is 1.42 bits per heavy atom. The average molecular weight is 286 g/mol. The number of aromatic nitrogens is 3. The van der Waals surface area contributed by atoms with Crippen LogP contribution in [0.15, 0.2) is 0 Å². The predicted octanol–water partition coefficient (Wildman–Crippen LogP) is -0.333. The molecule has 0 aliphatic carbocycles. The molecule has 3 heterocycles. The fourth-order valence-electron chi connectivity index (χ4n) is 2.46. The van der Waals surface area contributed by atoms with Gasteiger partial charge in [0.25, 0.3) is 0 Å². The van der Waals surface area contributed by atoms with Crippen molar-refractivity contribution < 1.29 is 10.2 Å². The van der Waals surface area contributed by atoms with Gasteiger partial charge in [-0.25, -0.2) is 0 Å². The van der Waals surface area contributed by atoms with Crippen molar-refractivity contribution in [3.8, 4) is 0 Å². The highest BCUT2D eigenvalue weighted by Crippen LogP contribution is 2.22. The molecular weight excluding hydrogens is 270 g/mol. The van der Waals surface area contributed by atoms with Crippen LogP contribution in [0.1, 0.15) is 12.8 Å². The lowest BCUT2D eigenvalue weighted by Crippen LogP contribution is -2.26. The van der Waals surface area contributed by atoms with E-state index in [1.54, 1.807) is 4.90 Å². The molecule has 2 unspecified atom stereocenters. The SMILES string of the molecule is OC1CN(c2nc(Cl)nc(N3CCCC3)n2)CC1O. The zero-order valence-electron chi connectivity index (χ0n) is 10.4. The quantitative estimate of drug-likeness (QED) is 0.769. The summed E-state index contributed by atoms with van der Waals surface area (Å²) < 4.78 is 0. The topological polar surface area (TPSA) is 85.6 Å². The molecule has 0 radical (unpaired) electrons. The van der Waals surface area contributed by atoms with Crippen molar-refractivity contribution in [3.05, 3.63) is 5.28 Å². The lowest BCUT2D eigenvalue weighted by atomic mass is 10.3. The molecule has 1 aromatic heterocycles. The molecule has 0 bridgehead atoms. The summed E-state index contributed by atoms with van der Waals surface area (Å²) in [5, 5.41) is 19.3. The van der Waals surface area contributed by atoms with Crippen LogP contribution in [0.3, 0.4) is 0 Å². The van der Waals surface area contributed by atoms with Crippen LogP contribution in [-0.2, 0) is 0 Å². The summed E-state index contributed by atoms with van der Waals surface area (Å²) in [5.41, 5.74) is 0. The highest BCUT2D eigenvalue weighted by molar-refractivity contribution is 6.28. The van der Waals surface area contributed by atoms with E-state index in [0.717, 1.165) is 25.9 Å². The van der Waals surface area contributed by atoms with Crippen LogP contribution in [-0.4, -0.2) is 63.6 Å². The molecule has 1 aromatic rings. The maximum Gasteiger partial charge on any atom is 0.231 e. The van der Waals surface area contributed by atoms with E-state index in [2.05, 4.69) is 19.9 Å². The minimum atomic E-state index is -0.772. The molecule has 0 saturated carbocycles. The molecule has 19 heavy (non-hydrogen) atoms. The van der Waals surface area contributed by atoms with Crippen LogP contribution < -0.4 is 9.80 Å². The van der Waals surface area contributed by atoms with E-state index < -0.39 is 12.2 Å². The summed E-state index contributed by atoms with van der Waals surface area (Å²) >= 11 is 5.94. The molecule has 2 aliphatic heterocycles. The summed E-state index contributed by atoms with van der Waals surface area (Å²) in [6.07, 6.45) is 0.705. The van der Waals surface area contributed by atoms with E-state index >= 15 is 0 Å². The van der Waals surface area contributed by atoms with Crippen molar-refractivity contribution in [1.82, 2.24) is 15.0 Å². The van der Waals surface area contributed by atoms with Gasteiger partial charge in [-0.15, -0.1) is 0 Å². The molecular formula is C11H16ClN5O2. The normalized spacial score (nSPS) is 27.3. The smallest absolute Gasteiger partial charge is 0.231 e. The van der Waals surface area contributed by atoms with Crippen LogP contribution in [0, 0.1) is 0 Å². The first-order valence-corrected chi connectivity index (χ1v) is 6.79. The first-order valence-electron chi connectivity index (χ1n) is 6.41. The van der Waals surface area contributed by atoms with Crippen LogP contribution >= 0.6 is 11.6 Å². The third-order valence-corrected chi connectivity index (χ3v) is 3.68. The summed E-state index contributed by atoms with van der Waals surface area (Å²) in [7, 11) is 0. The fourth-order valence-corrected chi connectivity index (χ4v) is 2.61. The summed E-state index contributed by atoms with van der Waals surface area (Å²) in [6, 6.07) is 0. The largest absolute Gasteiger partial charge is 0.388 e. The first-order chi connectivity index (χ1) is 9.13. The second kappa shape index (κ2) is 5.07. The molecule has 2 atom stereocenters. The van der Waals surface area contributed by atoms with Gasteiger partial charge in [0.05, 0.1) is 12.2 Å². The number of hydrogen-bond acceptors (Lipinski definition) is 7. The van der Waals surface area contributed by atoms with Crippen molar-refractivity contribution in [2.45, 2.75) is 25.0 Å². The van der Waals surface area contributed by atoms with Crippen molar-refractivity contribution in [1.29, 1.82) is 0 Å². The van der Waals surface area contributed by atoms with E-state index in [1.807, 2.05) is 0 Å². The van der Waals surface area contributed by atoms with E-state index in [0.29, 0.717) is 25.0 Å². The van der Waals surface area contributed by atoms with Crippen molar-refractivity contribution in [2.75, 3.05) is 36.0 Å². The van der Waals surface area contributed by atoms with Gasteiger partial charge in [-0.05, 0) is 24.4 Å². The minimum Gasteiger partial charge on any atom is -0.388 e. The third-order valence-electron chi connectivity index (χ3n) is 3.52. The van der Waals surface area contributed by atoms with Gasteiger partial charge in [-0.1, -0.05) is 0 Å². The number of aliphatic hydroxyl groups excluding tert-OH is 2. The fraction of sp³-hybridized carbons (Fsp3) is 0.727. The third kappa shape index (κ3) is 2.58. The number of halogens is 1. The van der Waals surface area contributed by atoms with E-state index in [4.69, 9.17) is 11.6 Å². The maximum absolute atomic E-state index is 9.57. The predicted molar refractivity (Wildman–Crippen MR) is 70.5 cm³/mol. The summed E-state index contributed by atoms with van der Waals surface area (Å²) in [5.74, 6) is 0.987. The highest BCUT2D eigenvalue weighted by atomic mass is 35.5. The Morgan fingerprint density at radius 1 is 0.895 bits per heavy atom. The highest BCUT2D eigenvalue weighted by Gasteiger charge is 2.32. The molecule has 2 saturated heterocycles. The van der Waals surface area contributed by atoms with E-state index in [-0.39, 0.29) is 5.28 Å². The lowest BCUT2D eigenvalue weighted by molar-refractivity contribution is 0.0572. The van der Waals surface area contributed by atoms with E-state index in [1.165, 1.54) is 0 Å². The Morgan fingerprint density at radius 3 is 2.00 bits per heavy atom. The minimum absolute atomic E-state index is 0.141. The number of nitrogens with zero attached hydrogens (tertiary/aromatic N) is 5. The van der Waals surface area contributed by atoms with Crippen molar-refractivity contribution in [3.63, 3.8) is 0 Å². The second-order valence-electron chi connectivity index (χ2n) is 4.94. The van der Waals surface area contributed by atoms with E-state index in [9.17, 15) is 10.2 Å². The standard InChI is InChI=1S/C11H16ClN5O2/c12-9-13-10(16-3-1-2-4-16)15-11(14-9)17-5-7(18)8(19)6-17/h7-8,18-19H,1-6H2. The van der Waals surface area contributed by atoms with Gasteiger partial charge >= 0.3 is 0 Å². The Labute approximate surface area is 115 Å². The molecule has 7 nitrogen and oxygen atoms in total. The number of aliphatic hydroxyl groups is 2. The molecule has 8 heteroatoms. The number of β-amino-alcohol motifs (C(OH)–C–C–N with tert-alkyl or cyclic N) is 2. The summed E-state index contributed by atoms with van der Waals surface area (Å²) in [6.45, 7) is 2.46. The molecule has 3 rings (SSSR count). The lowest BCUT2D eigenvalue weighted by Gasteiger charge is -2.19. The molecule has 104 valence electrons. The van der Waals surface area contributed by atoms with Crippen LogP contribution in [0.2, 0.25) is 5.28 Å². The van der Waals surface area contributed by atoms with Crippen molar-refractivity contribution >= 4 is 23.5 Å². The molecule has 0 spiro atoms. The Balaban J connectivity index is 1.85. The molecule has 0 amide bonds. The first kappa shape index (κ1) is 12.8. The molecule has 0 aromatic carbocycles. The Hall–Kier alpha value is -1.18. The van der Waals surface area contributed by atoms with Crippen LogP contribution in [0.4, 0.5) is 11.9 Å². The number of hydrogen-bond donors (Lipinski definition) is 2. The zero-order chi connectivity index (χ0) is 13.4. The number of anilines is 2. The monoisotopic (exact) mass is 285 g/mol. The van der Waals surface area contributed by atoms with Gasteiger partial charge in [-0.3, -0.25) is 0 Å². The molecule has 2 N–H and O–H groups in total. The van der Waals surface area contributed by atoms with Gasteiger partial charge in [0.1, 0.15) is 0 Å². The Kier molecular flexibility index (Phi) is 3.42. The second-order valence-corrected chi connectivity index (χ2v) is 5.28. The molecule has 2 aliphatic rings. The number of rotatable bonds is 2. The van der Waals surface area contributed by atoms with Gasteiger partial charge in [-0.2, -0.15) is 15.0 Å².